The predicted molar refractivity (Wildman–Crippen MR) is 76.5 cm³/mol. The molecular formula is C14H18N2OS. The van der Waals surface area contributed by atoms with E-state index in [0.29, 0.717) is 17.3 Å². The summed E-state index contributed by atoms with van der Waals surface area (Å²) in [6, 6.07) is 8.97. The highest BCUT2D eigenvalue weighted by Crippen LogP contribution is 2.38. The quantitative estimate of drug-likeness (QED) is 0.890. The molecule has 0 saturated heterocycles. The lowest BCUT2D eigenvalue weighted by Gasteiger charge is -2.27. The second kappa shape index (κ2) is 4.94. The minimum Gasteiger partial charge on any atom is -0.497 e. The van der Waals surface area contributed by atoms with Crippen LogP contribution in [-0.4, -0.2) is 29.5 Å². The van der Waals surface area contributed by atoms with Gasteiger partial charge < -0.3 is 10.5 Å². The molecule has 1 aliphatic carbocycles. The Hall–Kier alpha value is -1.00. The van der Waals surface area contributed by atoms with Crippen LogP contribution in [0.2, 0.25) is 0 Å². The maximum absolute atomic E-state index is 6.04. The third-order valence-corrected chi connectivity index (χ3v) is 5.03. The summed E-state index contributed by atoms with van der Waals surface area (Å²) < 4.78 is 5.27. The Morgan fingerprint density at radius 3 is 3.11 bits per heavy atom. The fourth-order valence-corrected chi connectivity index (χ4v) is 4.09. The number of methoxy groups -OCH3 is 1. The van der Waals surface area contributed by atoms with Crippen molar-refractivity contribution < 1.29 is 4.74 Å². The number of aliphatic imine (C=N–C) groups is 1. The molecule has 1 aromatic carbocycles. The van der Waals surface area contributed by atoms with Crippen molar-refractivity contribution in [2.75, 3.05) is 7.11 Å². The Morgan fingerprint density at radius 2 is 2.28 bits per heavy atom. The molecule has 3 nitrogen and oxygen atoms in total. The van der Waals surface area contributed by atoms with E-state index in [9.17, 15) is 0 Å². The summed E-state index contributed by atoms with van der Waals surface area (Å²) in [5.41, 5.74) is 7.21. The zero-order chi connectivity index (χ0) is 12.5. The van der Waals surface area contributed by atoms with Gasteiger partial charge in [-0.1, -0.05) is 12.1 Å². The van der Waals surface area contributed by atoms with Gasteiger partial charge in [-0.05, 0) is 31.4 Å². The molecule has 0 spiro atoms. The number of ether oxygens (including phenoxy) is 1. The maximum Gasteiger partial charge on any atom is 0.119 e. The van der Waals surface area contributed by atoms with Crippen LogP contribution in [-0.2, 0) is 0 Å². The molecule has 0 aromatic heterocycles. The Labute approximate surface area is 112 Å². The highest BCUT2D eigenvalue weighted by atomic mass is 32.2. The van der Waals surface area contributed by atoms with E-state index in [1.54, 1.807) is 7.11 Å². The molecule has 3 atom stereocenters. The smallest absolute Gasteiger partial charge is 0.119 e. The number of hydrogen-bond donors (Lipinski definition) is 1. The van der Waals surface area contributed by atoms with Crippen LogP contribution < -0.4 is 10.5 Å². The molecule has 4 heteroatoms. The third-order valence-electron chi connectivity index (χ3n) is 3.66. The van der Waals surface area contributed by atoms with E-state index in [0.717, 1.165) is 30.1 Å². The van der Waals surface area contributed by atoms with Gasteiger partial charge in [0.2, 0.25) is 0 Å². The maximum atomic E-state index is 6.04. The Morgan fingerprint density at radius 1 is 1.39 bits per heavy atom. The number of rotatable bonds is 2. The molecule has 3 unspecified atom stereocenters. The minimum absolute atomic E-state index is 0.360. The first-order valence-electron chi connectivity index (χ1n) is 6.41. The number of nitrogens with zero attached hydrogens (tertiary/aromatic N) is 1. The molecule has 18 heavy (non-hydrogen) atoms. The summed E-state index contributed by atoms with van der Waals surface area (Å²) in [6.45, 7) is 0. The molecule has 1 fully saturated rings. The van der Waals surface area contributed by atoms with Crippen molar-refractivity contribution >= 4 is 16.8 Å². The molecule has 2 N–H and O–H groups in total. The third kappa shape index (κ3) is 2.27. The summed E-state index contributed by atoms with van der Waals surface area (Å²) in [5, 5.41) is 1.73. The highest BCUT2D eigenvalue weighted by molar-refractivity contribution is 8.15. The zero-order valence-electron chi connectivity index (χ0n) is 10.5. The monoisotopic (exact) mass is 262 g/mol. The van der Waals surface area contributed by atoms with Gasteiger partial charge >= 0.3 is 0 Å². The number of fused-ring (bicyclic) bond motifs is 1. The van der Waals surface area contributed by atoms with E-state index < -0.39 is 0 Å². The molecule has 0 bridgehead atoms. The molecule has 3 rings (SSSR count). The van der Waals surface area contributed by atoms with Crippen molar-refractivity contribution in [2.45, 2.75) is 36.6 Å². The van der Waals surface area contributed by atoms with E-state index in [2.05, 4.69) is 12.1 Å². The average molecular weight is 262 g/mol. The largest absolute Gasteiger partial charge is 0.497 e. The second-order valence-corrected chi connectivity index (χ2v) is 6.19. The summed E-state index contributed by atoms with van der Waals surface area (Å²) in [4.78, 5) is 4.86. The second-order valence-electron chi connectivity index (χ2n) is 4.96. The molecule has 0 radical (unpaired) electrons. The minimum atomic E-state index is 0.360. The zero-order valence-corrected chi connectivity index (χ0v) is 11.3. The van der Waals surface area contributed by atoms with Gasteiger partial charge in [0.25, 0.3) is 0 Å². The summed E-state index contributed by atoms with van der Waals surface area (Å²) in [7, 11) is 1.70. The first-order valence-corrected chi connectivity index (χ1v) is 7.28. The lowest BCUT2D eigenvalue weighted by atomic mass is 9.92. The first kappa shape index (κ1) is 12.1. The van der Waals surface area contributed by atoms with Crippen molar-refractivity contribution in [1.29, 1.82) is 0 Å². The predicted octanol–water partition coefficient (Wildman–Crippen LogP) is 2.44. The van der Waals surface area contributed by atoms with Gasteiger partial charge in [0.05, 0.1) is 18.2 Å². The van der Waals surface area contributed by atoms with Gasteiger partial charge in [0.15, 0.2) is 0 Å². The lowest BCUT2D eigenvalue weighted by Crippen LogP contribution is -2.35. The van der Waals surface area contributed by atoms with Gasteiger partial charge in [-0.25, -0.2) is 0 Å². The summed E-state index contributed by atoms with van der Waals surface area (Å²) >= 11 is 1.89. The van der Waals surface area contributed by atoms with Crippen LogP contribution in [0.4, 0.5) is 0 Å². The first-order chi connectivity index (χ1) is 8.76. The standard InChI is InChI=1S/C14H18N2OS/c1-17-11-4-2-3-9(7-11)14-16-12-6-5-10(15)8-13(12)18-14/h2-4,7,10,12-13H,5-6,8,15H2,1H3. The average Bonchev–Trinajstić information content (AvgIpc) is 2.81. The van der Waals surface area contributed by atoms with Crippen molar-refractivity contribution in [2.24, 2.45) is 10.7 Å². The van der Waals surface area contributed by atoms with E-state index in [1.165, 1.54) is 5.56 Å². The van der Waals surface area contributed by atoms with E-state index in [4.69, 9.17) is 15.5 Å². The van der Waals surface area contributed by atoms with Crippen LogP contribution in [0.15, 0.2) is 29.3 Å². The van der Waals surface area contributed by atoms with Gasteiger partial charge in [0.1, 0.15) is 5.75 Å². The molecule has 1 heterocycles. The van der Waals surface area contributed by atoms with Gasteiger partial charge in [-0.15, -0.1) is 11.8 Å². The number of thioether (sulfide) groups is 1. The number of benzene rings is 1. The summed E-state index contributed by atoms with van der Waals surface area (Å²) in [6.07, 6.45) is 3.33. The Kier molecular flexibility index (Phi) is 3.31. The van der Waals surface area contributed by atoms with Crippen molar-refractivity contribution in [3.05, 3.63) is 29.8 Å². The molecule has 1 aliphatic heterocycles. The SMILES string of the molecule is COc1cccc(C2=NC3CCC(N)CC3S2)c1. The van der Waals surface area contributed by atoms with Gasteiger partial charge in [0, 0.05) is 16.9 Å². The van der Waals surface area contributed by atoms with Crippen LogP contribution in [0.3, 0.4) is 0 Å². The van der Waals surface area contributed by atoms with Crippen molar-refractivity contribution in [3.8, 4) is 5.75 Å². The Balaban J connectivity index is 1.81. The van der Waals surface area contributed by atoms with Crippen LogP contribution in [0, 0.1) is 0 Å². The topological polar surface area (TPSA) is 47.6 Å². The molecule has 1 aromatic rings. The molecule has 96 valence electrons. The number of hydrogen-bond acceptors (Lipinski definition) is 4. The molecule has 2 aliphatic rings. The lowest BCUT2D eigenvalue weighted by molar-refractivity contribution is 0.411. The van der Waals surface area contributed by atoms with Crippen LogP contribution in [0.5, 0.6) is 5.75 Å². The van der Waals surface area contributed by atoms with Crippen molar-refractivity contribution in [3.63, 3.8) is 0 Å². The van der Waals surface area contributed by atoms with E-state index in [1.807, 2.05) is 23.9 Å². The molecule has 0 amide bonds. The van der Waals surface area contributed by atoms with E-state index in [-0.39, 0.29) is 0 Å². The highest BCUT2D eigenvalue weighted by Gasteiger charge is 2.35. The van der Waals surface area contributed by atoms with Gasteiger partial charge in [-0.2, -0.15) is 0 Å². The normalized spacial score (nSPS) is 30.8. The van der Waals surface area contributed by atoms with Crippen molar-refractivity contribution in [1.82, 2.24) is 0 Å². The summed E-state index contributed by atoms with van der Waals surface area (Å²) in [5.74, 6) is 0.891. The number of nitrogens with two attached hydrogens (primary N) is 1. The van der Waals surface area contributed by atoms with Crippen LogP contribution >= 0.6 is 11.8 Å². The Bertz CT molecular complexity index is 475. The molecule has 1 saturated carbocycles. The van der Waals surface area contributed by atoms with Gasteiger partial charge in [-0.3, -0.25) is 4.99 Å². The molecular weight excluding hydrogens is 244 g/mol. The fourth-order valence-electron chi connectivity index (χ4n) is 2.64. The van der Waals surface area contributed by atoms with E-state index >= 15 is 0 Å². The van der Waals surface area contributed by atoms with Crippen LogP contribution in [0.25, 0.3) is 0 Å². The fraction of sp³-hybridized carbons (Fsp3) is 0.500. The van der Waals surface area contributed by atoms with Crippen LogP contribution in [0.1, 0.15) is 24.8 Å².